The number of carboxylic acid groups (broad SMARTS) is 1. The summed E-state index contributed by atoms with van der Waals surface area (Å²) < 4.78 is 14.9. The van der Waals surface area contributed by atoms with Gasteiger partial charge in [-0.2, -0.15) is 0 Å². The smallest absolute Gasteiger partial charge is 0.338 e. The third kappa shape index (κ3) is 8.81. The van der Waals surface area contributed by atoms with Crippen LogP contribution in [0.4, 0.5) is 0 Å². The Labute approximate surface area is 117 Å². The van der Waals surface area contributed by atoms with E-state index in [1.54, 1.807) is 0 Å². The molecule has 0 aliphatic rings. The van der Waals surface area contributed by atoms with Crippen LogP contribution in [0.25, 0.3) is 0 Å². The van der Waals surface area contributed by atoms with Crippen LogP contribution in [-0.2, 0) is 23.8 Å². The molecule has 0 aromatic rings. The van der Waals surface area contributed by atoms with Gasteiger partial charge in [0.05, 0.1) is 19.8 Å². The summed E-state index contributed by atoms with van der Waals surface area (Å²) in [6.07, 6.45) is -4.31. The van der Waals surface area contributed by atoms with Crippen LogP contribution in [0.5, 0.6) is 0 Å². The van der Waals surface area contributed by atoms with Crippen molar-refractivity contribution in [3.05, 3.63) is 0 Å². The zero-order chi connectivity index (χ0) is 15.5. The van der Waals surface area contributed by atoms with Gasteiger partial charge in [0, 0.05) is 6.61 Å². The Morgan fingerprint density at radius 3 is 2.05 bits per heavy atom. The lowest BCUT2D eigenvalue weighted by atomic mass is 10.2. The second-order valence-electron chi connectivity index (χ2n) is 4.48. The number of carbonyl (C=O) groups excluding carboxylic acids is 1. The van der Waals surface area contributed by atoms with E-state index in [0.29, 0.717) is 25.7 Å². The van der Waals surface area contributed by atoms with Crippen LogP contribution < -0.4 is 0 Å². The Bertz CT molecular complexity index is 291. The highest BCUT2D eigenvalue weighted by Gasteiger charge is 2.31. The van der Waals surface area contributed by atoms with E-state index in [1.165, 1.54) is 0 Å². The molecule has 118 valence electrons. The van der Waals surface area contributed by atoms with Crippen molar-refractivity contribution < 1.29 is 39.1 Å². The van der Waals surface area contributed by atoms with E-state index in [1.807, 2.05) is 13.8 Å². The number of esters is 1. The van der Waals surface area contributed by atoms with Gasteiger partial charge in [-0.05, 0) is 5.92 Å². The normalized spacial score (nSPS) is 14.1. The zero-order valence-electron chi connectivity index (χ0n) is 11.7. The summed E-state index contributed by atoms with van der Waals surface area (Å²) in [6, 6.07) is 0. The predicted octanol–water partition coefficient (Wildman–Crippen LogP) is -0.975. The number of carboxylic acids is 1. The summed E-state index contributed by atoms with van der Waals surface area (Å²) in [5.74, 6) is -2.47. The maximum Gasteiger partial charge on any atom is 0.338 e. The van der Waals surface area contributed by atoms with E-state index < -0.39 is 24.1 Å². The molecule has 0 aliphatic heterocycles. The number of hydrogen-bond donors (Lipinski definition) is 3. The number of ether oxygens (including phenoxy) is 3. The first kappa shape index (κ1) is 18.8. The van der Waals surface area contributed by atoms with Gasteiger partial charge >= 0.3 is 11.9 Å². The fourth-order valence-electron chi connectivity index (χ4n) is 1.09. The number of aliphatic hydroxyl groups excluding tert-OH is 2. The molecule has 20 heavy (non-hydrogen) atoms. The van der Waals surface area contributed by atoms with Crippen molar-refractivity contribution in [2.24, 2.45) is 5.92 Å². The Hall–Kier alpha value is -1.22. The van der Waals surface area contributed by atoms with E-state index in [0.717, 1.165) is 0 Å². The molecule has 0 radical (unpaired) electrons. The van der Waals surface area contributed by atoms with Crippen molar-refractivity contribution >= 4 is 11.9 Å². The molecule has 0 aliphatic carbocycles. The minimum absolute atomic E-state index is 0.0899. The molecule has 2 unspecified atom stereocenters. The van der Waals surface area contributed by atoms with Crippen molar-refractivity contribution in [1.29, 1.82) is 0 Å². The van der Waals surface area contributed by atoms with Gasteiger partial charge in [0.25, 0.3) is 0 Å². The first-order valence-electron chi connectivity index (χ1n) is 6.27. The highest BCUT2D eigenvalue weighted by molar-refractivity contribution is 5.84. The maximum atomic E-state index is 11.1. The first-order chi connectivity index (χ1) is 9.36. The molecule has 0 saturated carbocycles. The SMILES string of the molecule is CC(C)COCCOCCOC(=O)C(O)C(O)C(=O)O. The van der Waals surface area contributed by atoms with Crippen LogP contribution in [0.15, 0.2) is 0 Å². The highest BCUT2D eigenvalue weighted by Crippen LogP contribution is 1.97. The Morgan fingerprint density at radius 1 is 0.950 bits per heavy atom. The van der Waals surface area contributed by atoms with E-state index in [9.17, 15) is 9.59 Å². The van der Waals surface area contributed by atoms with Gasteiger partial charge in [0.2, 0.25) is 0 Å². The summed E-state index contributed by atoms with van der Waals surface area (Å²) in [7, 11) is 0. The Balaban J connectivity index is 3.55. The summed E-state index contributed by atoms with van der Waals surface area (Å²) in [4.78, 5) is 21.4. The van der Waals surface area contributed by atoms with Crippen LogP contribution in [-0.4, -0.2) is 72.5 Å². The van der Waals surface area contributed by atoms with Gasteiger partial charge in [-0.15, -0.1) is 0 Å². The van der Waals surface area contributed by atoms with Crippen LogP contribution in [0.2, 0.25) is 0 Å². The molecule has 0 rings (SSSR count). The van der Waals surface area contributed by atoms with Crippen molar-refractivity contribution in [3.63, 3.8) is 0 Å². The monoisotopic (exact) mass is 294 g/mol. The minimum atomic E-state index is -2.20. The standard InChI is InChI=1S/C12H22O8/c1-8(2)7-19-4-3-18-5-6-20-12(17)10(14)9(13)11(15)16/h8-10,13-14H,3-7H2,1-2H3,(H,15,16). The number of rotatable bonds is 11. The van der Waals surface area contributed by atoms with Gasteiger partial charge in [-0.1, -0.05) is 13.8 Å². The van der Waals surface area contributed by atoms with E-state index >= 15 is 0 Å². The van der Waals surface area contributed by atoms with Crippen LogP contribution in [0, 0.1) is 5.92 Å². The van der Waals surface area contributed by atoms with E-state index in [-0.39, 0.29) is 13.2 Å². The third-order valence-electron chi connectivity index (χ3n) is 2.09. The summed E-state index contributed by atoms with van der Waals surface area (Å²) in [5.41, 5.74) is 0. The molecule has 0 bridgehead atoms. The van der Waals surface area contributed by atoms with E-state index in [2.05, 4.69) is 4.74 Å². The van der Waals surface area contributed by atoms with Gasteiger partial charge in [-0.3, -0.25) is 0 Å². The topological polar surface area (TPSA) is 123 Å². The third-order valence-corrected chi connectivity index (χ3v) is 2.09. The molecule has 3 N–H and O–H groups in total. The van der Waals surface area contributed by atoms with Crippen LogP contribution in [0.3, 0.4) is 0 Å². The minimum Gasteiger partial charge on any atom is -0.479 e. The molecule has 0 amide bonds. The summed E-state index contributed by atoms with van der Waals surface area (Å²) in [6.45, 7) is 5.39. The molecule has 0 aromatic heterocycles. The molecule has 8 nitrogen and oxygen atoms in total. The highest BCUT2D eigenvalue weighted by atomic mass is 16.6. The van der Waals surface area contributed by atoms with Crippen molar-refractivity contribution in [3.8, 4) is 0 Å². The number of carbonyl (C=O) groups is 2. The van der Waals surface area contributed by atoms with Crippen LogP contribution >= 0.6 is 0 Å². The van der Waals surface area contributed by atoms with Crippen molar-refractivity contribution in [2.75, 3.05) is 33.0 Å². The molecule has 0 saturated heterocycles. The molecule has 8 heteroatoms. The largest absolute Gasteiger partial charge is 0.479 e. The van der Waals surface area contributed by atoms with Crippen LogP contribution in [0.1, 0.15) is 13.8 Å². The first-order valence-corrected chi connectivity index (χ1v) is 6.27. The Kier molecular flexibility index (Phi) is 9.91. The second kappa shape index (κ2) is 10.6. The number of aliphatic carboxylic acids is 1. The zero-order valence-corrected chi connectivity index (χ0v) is 11.7. The molecule has 2 atom stereocenters. The average molecular weight is 294 g/mol. The lowest BCUT2D eigenvalue weighted by Gasteiger charge is -2.13. The summed E-state index contributed by atoms with van der Waals surface area (Å²) in [5, 5.41) is 26.4. The van der Waals surface area contributed by atoms with Gasteiger partial charge in [-0.25, -0.2) is 9.59 Å². The molecule has 0 aromatic carbocycles. The quantitative estimate of drug-likeness (QED) is 0.328. The van der Waals surface area contributed by atoms with Gasteiger partial charge in [0.1, 0.15) is 6.61 Å². The fourth-order valence-corrected chi connectivity index (χ4v) is 1.09. The van der Waals surface area contributed by atoms with Crippen molar-refractivity contribution in [1.82, 2.24) is 0 Å². The lowest BCUT2D eigenvalue weighted by Crippen LogP contribution is -2.40. The number of hydrogen-bond acceptors (Lipinski definition) is 7. The average Bonchev–Trinajstić information content (AvgIpc) is 2.39. The molecular formula is C12H22O8. The van der Waals surface area contributed by atoms with Crippen molar-refractivity contribution in [2.45, 2.75) is 26.1 Å². The molecule has 0 heterocycles. The van der Waals surface area contributed by atoms with E-state index in [4.69, 9.17) is 24.8 Å². The van der Waals surface area contributed by atoms with Gasteiger partial charge in [0.15, 0.2) is 12.2 Å². The maximum absolute atomic E-state index is 11.1. The molecular weight excluding hydrogens is 272 g/mol. The van der Waals surface area contributed by atoms with Gasteiger partial charge < -0.3 is 29.5 Å². The fraction of sp³-hybridized carbons (Fsp3) is 0.833. The predicted molar refractivity (Wildman–Crippen MR) is 67.1 cm³/mol. The molecule has 0 fully saturated rings. The number of aliphatic hydroxyl groups is 2. The molecule has 0 spiro atoms. The Morgan fingerprint density at radius 2 is 1.50 bits per heavy atom. The second-order valence-corrected chi connectivity index (χ2v) is 4.48. The summed E-state index contributed by atoms with van der Waals surface area (Å²) >= 11 is 0. The lowest BCUT2D eigenvalue weighted by molar-refractivity contribution is -0.170.